The maximum Gasteiger partial charge on any atom is 0.340 e. The van der Waals surface area contributed by atoms with Gasteiger partial charge in [-0.25, -0.2) is 4.79 Å². The first-order valence-electron chi connectivity index (χ1n) is 9.34. The van der Waals surface area contributed by atoms with Gasteiger partial charge in [0.15, 0.2) is 0 Å². The summed E-state index contributed by atoms with van der Waals surface area (Å²) in [5.74, 6) is -2.06. The van der Waals surface area contributed by atoms with Crippen LogP contribution in [0.1, 0.15) is 28.3 Å². The highest BCUT2D eigenvalue weighted by Crippen LogP contribution is 2.28. The van der Waals surface area contributed by atoms with E-state index in [-0.39, 0.29) is 12.0 Å². The number of hydrogen-bond donors (Lipinski definition) is 1. The predicted octanol–water partition coefficient (Wildman–Crippen LogP) is 2.31. The number of furan rings is 1. The number of carbonyl (C=O) groups excluding carboxylic acids is 2. The smallest absolute Gasteiger partial charge is 0.340 e. The van der Waals surface area contributed by atoms with Gasteiger partial charge in [-0.15, -0.1) is 0 Å². The Hall–Kier alpha value is -3.87. The number of amides is 1. The number of rotatable bonds is 5. The molecule has 0 radical (unpaired) electrons. The Morgan fingerprint density at radius 2 is 1.80 bits per heavy atom. The maximum atomic E-state index is 12.6. The van der Waals surface area contributed by atoms with E-state index in [4.69, 9.17) is 8.83 Å². The van der Waals surface area contributed by atoms with E-state index < -0.39 is 23.5 Å². The minimum absolute atomic E-state index is 0.172. The van der Waals surface area contributed by atoms with Crippen molar-refractivity contribution in [1.82, 2.24) is 5.32 Å². The third kappa shape index (κ3) is 3.45. The van der Waals surface area contributed by atoms with Crippen molar-refractivity contribution in [3.8, 4) is 0 Å². The Bertz CT molecular complexity index is 1330. The fourth-order valence-corrected chi connectivity index (χ4v) is 3.54. The zero-order valence-corrected chi connectivity index (χ0v) is 16.4. The van der Waals surface area contributed by atoms with Gasteiger partial charge in [0.2, 0.25) is 5.91 Å². The molecule has 1 atom stereocenters. The minimum Gasteiger partial charge on any atom is -0.548 e. The van der Waals surface area contributed by atoms with Gasteiger partial charge in [-0.2, -0.15) is 0 Å². The summed E-state index contributed by atoms with van der Waals surface area (Å²) < 4.78 is 10.9. The Labute approximate surface area is 170 Å². The van der Waals surface area contributed by atoms with E-state index in [1.54, 1.807) is 49.6 Å². The number of nitrogens with one attached hydrogen (secondary N) is 1. The molecule has 0 bridgehead atoms. The van der Waals surface area contributed by atoms with Crippen LogP contribution in [0.3, 0.4) is 0 Å². The summed E-state index contributed by atoms with van der Waals surface area (Å²) in [5, 5.41) is 15.5. The van der Waals surface area contributed by atoms with Gasteiger partial charge in [0.05, 0.1) is 30.3 Å². The van der Waals surface area contributed by atoms with E-state index in [0.717, 1.165) is 10.9 Å². The molecule has 1 amide bonds. The van der Waals surface area contributed by atoms with Gasteiger partial charge in [0.1, 0.15) is 11.2 Å². The van der Waals surface area contributed by atoms with Crippen LogP contribution in [0.15, 0.2) is 62.4 Å². The average Bonchev–Trinajstić information content (AvgIpc) is 3.08. The lowest BCUT2D eigenvalue weighted by atomic mass is 10.0. The van der Waals surface area contributed by atoms with Crippen molar-refractivity contribution in [3.05, 3.63) is 81.4 Å². The molecule has 0 aliphatic rings. The van der Waals surface area contributed by atoms with Gasteiger partial charge in [-0.05, 0) is 36.6 Å². The molecule has 0 saturated heterocycles. The van der Waals surface area contributed by atoms with Crippen LogP contribution in [-0.2, 0) is 16.0 Å². The summed E-state index contributed by atoms with van der Waals surface area (Å²) >= 11 is 0. The molecule has 30 heavy (non-hydrogen) atoms. The second-order valence-corrected chi connectivity index (χ2v) is 7.16. The average molecular weight is 404 g/mol. The fourth-order valence-electron chi connectivity index (χ4n) is 3.54. The molecule has 0 saturated carbocycles. The number of benzene rings is 2. The summed E-state index contributed by atoms with van der Waals surface area (Å²) in [6, 6.07) is 10.4. The van der Waals surface area contributed by atoms with Gasteiger partial charge in [0, 0.05) is 16.8 Å². The first-order chi connectivity index (χ1) is 14.3. The minimum atomic E-state index is -1.44. The predicted molar refractivity (Wildman–Crippen MR) is 108 cm³/mol. The van der Waals surface area contributed by atoms with E-state index in [1.165, 1.54) is 0 Å². The first kappa shape index (κ1) is 19.4. The molecule has 4 rings (SSSR count). The largest absolute Gasteiger partial charge is 0.548 e. The monoisotopic (exact) mass is 404 g/mol. The van der Waals surface area contributed by atoms with Crippen molar-refractivity contribution < 1.29 is 23.5 Å². The van der Waals surface area contributed by atoms with E-state index in [9.17, 15) is 19.5 Å². The zero-order valence-electron chi connectivity index (χ0n) is 16.4. The van der Waals surface area contributed by atoms with Crippen LogP contribution in [0.5, 0.6) is 0 Å². The van der Waals surface area contributed by atoms with Crippen molar-refractivity contribution in [2.45, 2.75) is 26.3 Å². The molecular formula is C23H18NO6-. The van der Waals surface area contributed by atoms with Crippen LogP contribution >= 0.6 is 0 Å². The Morgan fingerprint density at radius 3 is 2.50 bits per heavy atom. The molecule has 0 unspecified atom stereocenters. The number of carboxylic acids is 1. The highest BCUT2D eigenvalue weighted by atomic mass is 16.4. The summed E-state index contributed by atoms with van der Waals surface area (Å²) in [5.41, 5.74) is 2.41. The van der Waals surface area contributed by atoms with Gasteiger partial charge >= 0.3 is 5.63 Å². The number of aryl methyl sites for hydroxylation is 2. The molecule has 0 fully saturated rings. The maximum absolute atomic E-state index is 12.6. The van der Waals surface area contributed by atoms with Gasteiger partial charge in [-0.3, -0.25) is 4.79 Å². The molecule has 7 nitrogen and oxygen atoms in total. The Morgan fingerprint density at radius 1 is 1.07 bits per heavy atom. The third-order valence-electron chi connectivity index (χ3n) is 5.19. The highest BCUT2D eigenvalue weighted by Gasteiger charge is 2.20. The third-order valence-corrected chi connectivity index (χ3v) is 5.19. The zero-order chi connectivity index (χ0) is 21.4. The van der Waals surface area contributed by atoms with Crippen molar-refractivity contribution in [2.24, 2.45) is 0 Å². The van der Waals surface area contributed by atoms with Crippen molar-refractivity contribution in [1.29, 1.82) is 0 Å². The Kier molecular flexibility index (Phi) is 4.87. The summed E-state index contributed by atoms with van der Waals surface area (Å²) in [6.07, 6.45) is 1.30. The lowest BCUT2D eigenvalue weighted by Crippen LogP contribution is -2.42. The van der Waals surface area contributed by atoms with E-state index in [0.29, 0.717) is 27.7 Å². The topological polar surface area (TPSA) is 113 Å². The lowest BCUT2D eigenvalue weighted by Gasteiger charge is -2.20. The summed E-state index contributed by atoms with van der Waals surface area (Å²) in [7, 11) is 0. The number of carbonyl (C=O) groups is 2. The highest BCUT2D eigenvalue weighted by molar-refractivity contribution is 5.96. The van der Waals surface area contributed by atoms with Crippen LogP contribution in [0.25, 0.3) is 21.9 Å². The molecule has 0 aliphatic carbocycles. The van der Waals surface area contributed by atoms with Crippen LogP contribution in [-0.4, -0.2) is 11.9 Å². The second kappa shape index (κ2) is 7.51. The molecule has 7 heteroatoms. The molecule has 2 heterocycles. The number of hydrogen-bond acceptors (Lipinski definition) is 6. The molecule has 152 valence electrons. The van der Waals surface area contributed by atoms with Crippen molar-refractivity contribution >= 4 is 33.8 Å². The van der Waals surface area contributed by atoms with Gasteiger partial charge in [-0.1, -0.05) is 30.3 Å². The molecule has 0 aliphatic heterocycles. The summed E-state index contributed by atoms with van der Waals surface area (Å²) in [6.45, 7) is 3.64. The Balaban J connectivity index is 1.68. The molecule has 2 aromatic heterocycles. The van der Waals surface area contributed by atoms with Crippen molar-refractivity contribution in [3.63, 3.8) is 0 Å². The van der Waals surface area contributed by atoms with Gasteiger partial charge in [0.25, 0.3) is 0 Å². The molecule has 1 N–H and O–H groups in total. The van der Waals surface area contributed by atoms with Crippen LogP contribution < -0.4 is 16.0 Å². The fraction of sp³-hybridized carbons (Fsp3) is 0.174. The molecule has 2 aromatic carbocycles. The molecular weight excluding hydrogens is 386 g/mol. The van der Waals surface area contributed by atoms with E-state index in [1.807, 2.05) is 13.0 Å². The van der Waals surface area contributed by atoms with E-state index >= 15 is 0 Å². The quantitative estimate of drug-likeness (QED) is 0.511. The van der Waals surface area contributed by atoms with Crippen LogP contribution in [0.2, 0.25) is 0 Å². The summed E-state index contributed by atoms with van der Waals surface area (Å²) in [4.78, 5) is 36.6. The number of fused-ring (bicyclic) bond motifs is 2. The number of aliphatic carboxylic acids is 1. The first-order valence-corrected chi connectivity index (χ1v) is 9.34. The SMILES string of the molecule is Cc1coc2cc3oc(=O)c(CC(=O)N[C@H](C(=O)[O-])c4ccccc4)c(C)c3cc12. The lowest BCUT2D eigenvalue weighted by molar-refractivity contribution is -0.308. The van der Waals surface area contributed by atoms with Gasteiger partial charge < -0.3 is 24.1 Å². The second-order valence-electron chi connectivity index (χ2n) is 7.16. The van der Waals surface area contributed by atoms with Crippen molar-refractivity contribution in [2.75, 3.05) is 0 Å². The number of carboxylic acid groups (broad SMARTS) is 1. The standard InChI is InChI=1S/C23H19NO6/c1-12-11-29-18-10-19-16(8-15(12)18)13(2)17(23(28)30-19)9-20(25)24-21(22(26)27)14-6-4-3-5-7-14/h3-8,10-11,21H,9H2,1-2H3,(H,24,25)(H,26,27)/p-1/t21-/m0/s1. The molecule has 0 spiro atoms. The van der Waals surface area contributed by atoms with Crippen LogP contribution in [0, 0.1) is 13.8 Å². The van der Waals surface area contributed by atoms with Crippen LogP contribution in [0.4, 0.5) is 0 Å². The normalized spacial score (nSPS) is 12.2. The molecule has 4 aromatic rings. The van der Waals surface area contributed by atoms with E-state index in [2.05, 4.69) is 5.32 Å².